The van der Waals surface area contributed by atoms with Crippen molar-refractivity contribution in [2.75, 3.05) is 14.2 Å². The topological polar surface area (TPSA) is 105 Å². The van der Waals surface area contributed by atoms with Crippen LogP contribution in [-0.2, 0) is 4.74 Å². The number of cyclic esters (lactones) is 1. The molecule has 0 saturated carbocycles. The minimum absolute atomic E-state index is 0.000122. The number of aromatic hydroxyl groups is 1. The van der Waals surface area contributed by atoms with Crippen LogP contribution >= 0.6 is 0 Å². The normalized spacial score (nSPS) is 21.3. The van der Waals surface area contributed by atoms with Gasteiger partial charge in [-0.2, -0.15) is 0 Å². The van der Waals surface area contributed by atoms with Crippen molar-refractivity contribution in [3.8, 4) is 17.2 Å². The first-order valence-electron chi connectivity index (χ1n) is 7.49. The van der Waals surface area contributed by atoms with Gasteiger partial charge < -0.3 is 29.5 Å². The van der Waals surface area contributed by atoms with E-state index in [4.69, 9.17) is 14.2 Å². The minimum Gasteiger partial charge on any atom is -0.504 e. The number of phenols is 1. The number of carbonyl (C=O) groups excluding carboxylic acids is 1. The van der Waals surface area contributed by atoms with Gasteiger partial charge in [0.1, 0.15) is 17.8 Å². The number of aliphatic hydroxyl groups excluding tert-OH is 2. The van der Waals surface area contributed by atoms with E-state index in [-0.39, 0.29) is 29.0 Å². The van der Waals surface area contributed by atoms with Gasteiger partial charge in [0.2, 0.25) is 5.75 Å². The van der Waals surface area contributed by atoms with Gasteiger partial charge in [-0.15, -0.1) is 0 Å². The Bertz CT molecular complexity index is 584. The molecule has 0 aromatic heterocycles. The molecule has 0 fully saturated rings. The van der Waals surface area contributed by atoms with E-state index in [0.29, 0.717) is 6.42 Å². The van der Waals surface area contributed by atoms with Crippen LogP contribution in [0.25, 0.3) is 0 Å². The first-order chi connectivity index (χ1) is 10.9. The summed E-state index contributed by atoms with van der Waals surface area (Å²) in [5.41, 5.74) is 0.0569. The summed E-state index contributed by atoms with van der Waals surface area (Å²) in [6.07, 6.45) is -1.28. The molecule has 1 aliphatic heterocycles. The van der Waals surface area contributed by atoms with Gasteiger partial charge in [-0.05, 0) is 12.5 Å². The number of phenolic OH excluding ortho intramolecular Hbond substituents is 1. The largest absolute Gasteiger partial charge is 0.504 e. The third kappa shape index (κ3) is 3.20. The lowest BCUT2D eigenvalue weighted by molar-refractivity contribution is -0.0485. The summed E-state index contributed by atoms with van der Waals surface area (Å²) >= 11 is 0. The molecule has 0 bridgehead atoms. The van der Waals surface area contributed by atoms with E-state index in [0.717, 1.165) is 6.42 Å². The Morgan fingerprint density at radius 2 is 2.04 bits per heavy atom. The van der Waals surface area contributed by atoms with Crippen LogP contribution in [0.4, 0.5) is 0 Å². The molecule has 3 atom stereocenters. The Kier molecular flexibility index (Phi) is 5.33. The van der Waals surface area contributed by atoms with E-state index in [1.54, 1.807) is 0 Å². The molecular weight excluding hydrogens is 304 g/mol. The number of rotatable bonds is 6. The van der Waals surface area contributed by atoms with Crippen molar-refractivity contribution in [2.45, 2.75) is 44.5 Å². The van der Waals surface area contributed by atoms with Gasteiger partial charge in [0, 0.05) is 12.0 Å². The number of benzene rings is 1. The third-order valence-electron chi connectivity index (χ3n) is 3.93. The first-order valence-corrected chi connectivity index (χ1v) is 7.49. The number of hydrogen-bond donors (Lipinski definition) is 3. The molecular formula is C16H22O7. The lowest BCUT2D eigenvalue weighted by atomic mass is 9.91. The van der Waals surface area contributed by atoms with E-state index < -0.39 is 30.0 Å². The Labute approximate surface area is 134 Å². The molecule has 1 aliphatic rings. The maximum absolute atomic E-state index is 12.2. The Morgan fingerprint density at radius 1 is 1.35 bits per heavy atom. The number of ether oxygens (including phenoxy) is 3. The number of aliphatic hydroxyl groups is 2. The second kappa shape index (κ2) is 7.06. The van der Waals surface area contributed by atoms with Crippen molar-refractivity contribution in [1.29, 1.82) is 0 Å². The molecule has 1 aromatic carbocycles. The predicted octanol–water partition coefficient (Wildman–Crippen LogP) is 1.53. The highest BCUT2D eigenvalue weighted by Crippen LogP contribution is 2.46. The molecule has 1 unspecified atom stereocenters. The molecule has 0 radical (unpaired) electrons. The SMILES string of the molecule is CCC[C@H](O)CC1OC(=O)c2c(cc(OC)c(OC)c2O)[C@@H]1O. The fourth-order valence-corrected chi connectivity index (χ4v) is 2.80. The molecule has 3 N–H and O–H groups in total. The van der Waals surface area contributed by atoms with Gasteiger partial charge in [0.05, 0.1) is 20.3 Å². The highest BCUT2D eigenvalue weighted by atomic mass is 16.6. The maximum Gasteiger partial charge on any atom is 0.342 e. The lowest BCUT2D eigenvalue weighted by Gasteiger charge is -2.31. The van der Waals surface area contributed by atoms with Crippen molar-refractivity contribution in [2.24, 2.45) is 0 Å². The number of esters is 1. The van der Waals surface area contributed by atoms with Gasteiger partial charge in [-0.1, -0.05) is 13.3 Å². The summed E-state index contributed by atoms with van der Waals surface area (Å²) in [5, 5.41) is 30.6. The summed E-state index contributed by atoms with van der Waals surface area (Å²) in [6.45, 7) is 1.93. The quantitative estimate of drug-likeness (QED) is 0.681. The molecule has 0 saturated heterocycles. The van der Waals surface area contributed by atoms with Crippen LogP contribution in [0.1, 0.15) is 48.2 Å². The zero-order chi connectivity index (χ0) is 17.1. The molecule has 1 heterocycles. The van der Waals surface area contributed by atoms with Gasteiger partial charge in [0.15, 0.2) is 11.5 Å². The standard InChI is InChI=1S/C16H22O7/c1-4-5-8(17)6-10-13(18)9-7-11(21-2)15(22-3)14(19)12(9)16(20)23-10/h7-8,10,13,17-19H,4-6H2,1-3H3/t8-,10?,13-/m0/s1. The molecule has 23 heavy (non-hydrogen) atoms. The van der Waals surface area contributed by atoms with Crippen molar-refractivity contribution >= 4 is 5.97 Å². The molecule has 1 aromatic rings. The monoisotopic (exact) mass is 326 g/mol. The highest BCUT2D eigenvalue weighted by molar-refractivity contribution is 5.97. The Hall–Kier alpha value is -1.99. The maximum atomic E-state index is 12.2. The third-order valence-corrected chi connectivity index (χ3v) is 3.93. The van der Waals surface area contributed by atoms with Gasteiger partial charge in [-0.3, -0.25) is 0 Å². The Balaban J connectivity index is 2.41. The number of hydrogen-bond acceptors (Lipinski definition) is 7. The summed E-state index contributed by atoms with van der Waals surface area (Å²) in [6, 6.07) is 1.44. The zero-order valence-electron chi connectivity index (χ0n) is 13.4. The number of carbonyl (C=O) groups is 1. The van der Waals surface area contributed by atoms with Crippen molar-refractivity contribution in [3.05, 3.63) is 17.2 Å². The first kappa shape index (κ1) is 17.4. The van der Waals surface area contributed by atoms with Gasteiger partial charge >= 0.3 is 5.97 Å². The minimum atomic E-state index is -1.17. The van der Waals surface area contributed by atoms with Crippen LogP contribution < -0.4 is 9.47 Å². The van der Waals surface area contributed by atoms with Crippen LogP contribution in [0.3, 0.4) is 0 Å². The molecule has 0 spiro atoms. The average molecular weight is 326 g/mol. The van der Waals surface area contributed by atoms with E-state index in [2.05, 4.69) is 0 Å². The summed E-state index contributed by atoms with van der Waals surface area (Å²) in [5.74, 6) is -0.999. The van der Waals surface area contributed by atoms with Crippen LogP contribution in [0.5, 0.6) is 17.2 Å². The summed E-state index contributed by atoms with van der Waals surface area (Å²) in [4.78, 5) is 12.2. The van der Waals surface area contributed by atoms with Crippen LogP contribution in [0.2, 0.25) is 0 Å². The predicted molar refractivity (Wildman–Crippen MR) is 80.9 cm³/mol. The van der Waals surface area contributed by atoms with Crippen molar-refractivity contribution in [1.82, 2.24) is 0 Å². The van der Waals surface area contributed by atoms with Crippen molar-refractivity contribution in [3.63, 3.8) is 0 Å². The summed E-state index contributed by atoms with van der Waals surface area (Å²) < 4.78 is 15.4. The zero-order valence-corrected chi connectivity index (χ0v) is 13.4. The molecule has 2 rings (SSSR count). The van der Waals surface area contributed by atoms with E-state index >= 15 is 0 Å². The van der Waals surface area contributed by atoms with Gasteiger partial charge in [0.25, 0.3) is 0 Å². The highest BCUT2D eigenvalue weighted by Gasteiger charge is 2.39. The van der Waals surface area contributed by atoms with Crippen LogP contribution in [0, 0.1) is 0 Å². The van der Waals surface area contributed by atoms with Crippen molar-refractivity contribution < 1.29 is 34.3 Å². The van der Waals surface area contributed by atoms with E-state index in [1.165, 1.54) is 20.3 Å². The molecule has 7 nitrogen and oxygen atoms in total. The fraction of sp³-hybridized carbons (Fsp3) is 0.562. The lowest BCUT2D eigenvalue weighted by Crippen LogP contribution is -2.35. The van der Waals surface area contributed by atoms with Gasteiger partial charge in [-0.25, -0.2) is 4.79 Å². The summed E-state index contributed by atoms with van der Waals surface area (Å²) in [7, 11) is 2.72. The Morgan fingerprint density at radius 3 is 2.61 bits per heavy atom. The second-order valence-electron chi connectivity index (χ2n) is 5.49. The number of methoxy groups -OCH3 is 2. The fourth-order valence-electron chi connectivity index (χ4n) is 2.80. The number of fused-ring (bicyclic) bond motifs is 1. The van der Waals surface area contributed by atoms with E-state index in [1.807, 2.05) is 6.92 Å². The molecule has 128 valence electrons. The molecule has 7 heteroatoms. The smallest absolute Gasteiger partial charge is 0.342 e. The van der Waals surface area contributed by atoms with E-state index in [9.17, 15) is 20.1 Å². The average Bonchev–Trinajstić information content (AvgIpc) is 2.51. The molecule has 0 aliphatic carbocycles. The second-order valence-corrected chi connectivity index (χ2v) is 5.49. The van der Waals surface area contributed by atoms with Crippen LogP contribution in [0.15, 0.2) is 6.07 Å². The molecule has 0 amide bonds. The van der Waals surface area contributed by atoms with Crippen LogP contribution in [-0.4, -0.2) is 47.7 Å².